The number of halogens is 4. The molecule has 2 aliphatic heterocycles. The van der Waals surface area contributed by atoms with Crippen molar-refractivity contribution in [2.24, 2.45) is 5.73 Å². The molecule has 6 rings (SSSR count). The predicted molar refractivity (Wildman–Crippen MR) is 163 cm³/mol. The summed E-state index contributed by atoms with van der Waals surface area (Å²) in [5.41, 5.74) is 3.62. The van der Waals surface area contributed by atoms with E-state index in [1.807, 2.05) is 0 Å². The Bertz CT molecular complexity index is 1920. The van der Waals surface area contributed by atoms with Gasteiger partial charge in [-0.05, 0) is 48.2 Å². The number of piperidine rings is 1. The van der Waals surface area contributed by atoms with E-state index >= 15 is 0 Å². The molecular formula is C34H32F4N4O5. The minimum Gasteiger partial charge on any atom is -0.478 e. The van der Waals surface area contributed by atoms with Crippen molar-refractivity contribution in [3.8, 4) is 0 Å². The van der Waals surface area contributed by atoms with Crippen LogP contribution in [0, 0.1) is 5.82 Å². The van der Waals surface area contributed by atoms with Crippen molar-refractivity contribution in [3.63, 3.8) is 0 Å². The van der Waals surface area contributed by atoms with Crippen LogP contribution in [0.15, 0.2) is 82.4 Å². The Morgan fingerprint density at radius 3 is 2.43 bits per heavy atom. The van der Waals surface area contributed by atoms with Crippen LogP contribution in [0.1, 0.15) is 68.9 Å². The molecule has 47 heavy (non-hydrogen) atoms. The summed E-state index contributed by atoms with van der Waals surface area (Å²) >= 11 is 0. The van der Waals surface area contributed by atoms with Gasteiger partial charge in [-0.2, -0.15) is 13.2 Å². The molecule has 2 aliphatic rings. The van der Waals surface area contributed by atoms with Gasteiger partial charge in [0.25, 0.3) is 5.56 Å². The maximum absolute atomic E-state index is 15.0. The van der Waals surface area contributed by atoms with E-state index in [4.69, 9.17) is 10.5 Å². The molecule has 2 unspecified atom stereocenters. The van der Waals surface area contributed by atoms with Gasteiger partial charge in [-0.25, -0.2) is 14.0 Å². The average molecular weight is 653 g/mol. The van der Waals surface area contributed by atoms with Crippen molar-refractivity contribution in [1.29, 1.82) is 0 Å². The smallest absolute Gasteiger partial charge is 0.416 e. The third kappa shape index (κ3) is 6.38. The minimum atomic E-state index is -4.84. The normalized spacial score (nSPS) is 18.3. The molecule has 9 nitrogen and oxygen atoms in total. The molecule has 0 bridgehead atoms. The maximum Gasteiger partial charge on any atom is 0.416 e. The molecule has 13 heteroatoms. The van der Waals surface area contributed by atoms with Crippen LogP contribution in [0.4, 0.5) is 17.6 Å². The third-order valence-electron chi connectivity index (χ3n) is 9.03. The number of carbonyl (C=O) groups is 1. The van der Waals surface area contributed by atoms with Crippen molar-refractivity contribution in [1.82, 2.24) is 14.5 Å². The summed E-state index contributed by atoms with van der Waals surface area (Å²) in [6, 6.07) is 17.4. The number of nitrogens with zero attached hydrogens (tertiary/aromatic N) is 2. The first-order chi connectivity index (χ1) is 22.4. The second kappa shape index (κ2) is 12.5. The summed E-state index contributed by atoms with van der Waals surface area (Å²) in [5, 5.41) is 9.36. The van der Waals surface area contributed by atoms with E-state index in [2.05, 4.69) is 9.88 Å². The number of carboxylic acid groups (broad SMARTS) is 1. The molecule has 1 aromatic heterocycles. The van der Waals surface area contributed by atoms with Gasteiger partial charge in [-0.3, -0.25) is 14.3 Å². The molecular weight excluding hydrogens is 620 g/mol. The van der Waals surface area contributed by atoms with Crippen LogP contribution in [0.2, 0.25) is 0 Å². The number of fused-ring (bicyclic) bond motifs is 2. The lowest BCUT2D eigenvalue weighted by molar-refractivity contribution is -0.139. The zero-order valence-electron chi connectivity index (χ0n) is 25.1. The summed E-state index contributed by atoms with van der Waals surface area (Å²) in [4.78, 5) is 43.7. The van der Waals surface area contributed by atoms with Crippen LogP contribution >= 0.6 is 0 Å². The molecule has 4 N–H and O–H groups in total. The van der Waals surface area contributed by atoms with Crippen molar-refractivity contribution >= 4 is 5.97 Å². The van der Waals surface area contributed by atoms with E-state index < -0.39 is 64.5 Å². The summed E-state index contributed by atoms with van der Waals surface area (Å²) in [6.07, 6.45) is -6.16. The Labute approximate surface area is 266 Å². The molecule has 0 aliphatic carbocycles. The van der Waals surface area contributed by atoms with Gasteiger partial charge in [-0.15, -0.1) is 0 Å². The number of H-pyrrole nitrogens is 1. The quantitative estimate of drug-likeness (QED) is 0.231. The topological polar surface area (TPSA) is 131 Å². The van der Waals surface area contributed by atoms with Gasteiger partial charge in [0.15, 0.2) is 0 Å². The molecule has 4 aromatic rings. The molecule has 3 heterocycles. The van der Waals surface area contributed by atoms with Gasteiger partial charge >= 0.3 is 17.8 Å². The Balaban J connectivity index is 1.36. The molecule has 246 valence electrons. The number of aromatic amines is 1. The summed E-state index contributed by atoms with van der Waals surface area (Å²) < 4.78 is 64.1. The van der Waals surface area contributed by atoms with Gasteiger partial charge in [-0.1, -0.05) is 48.5 Å². The number of aromatic carboxylic acids is 1. The second-order valence-electron chi connectivity index (χ2n) is 12.0. The van der Waals surface area contributed by atoms with Crippen LogP contribution < -0.4 is 17.0 Å². The van der Waals surface area contributed by atoms with E-state index in [1.54, 1.807) is 48.5 Å². The maximum atomic E-state index is 15.0. The largest absolute Gasteiger partial charge is 0.478 e. The molecule has 0 radical (unpaired) electrons. The van der Waals surface area contributed by atoms with Crippen LogP contribution in [0.5, 0.6) is 0 Å². The molecule has 0 saturated carbocycles. The first-order valence-electron chi connectivity index (χ1n) is 15.1. The van der Waals surface area contributed by atoms with E-state index in [9.17, 15) is 37.1 Å². The highest BCUT2D eigenvalue weighted by Crippen LogP contribution is 2.49. The number of nitrogens with two attached hydrogens (primary N) is 1. The monoisotopic (exact) mass is 652 g/mol. The zero-order valence-corrected chi connectivity index (χ0v) is 25.1. The first kappa shape index (κ1) is 32.4. The second-order valence-corrected chi connectivity index (χ2v) is 12.0. The highest BCUT2D eigenvalue weighted by molar-refractivity contribution is 5.87. The summed E-state index contributed by atoms with van der Waals surface area (Å²) in [7, 11) is 0. The summed E-state index contributed by atoms with van der Waals surface area (Å²) in [6.45, 7) is 1.03. The number of likely N-dealkylation sites (tertiary alicyclic amines) is 1. The first-order valence-corrected chi connectivity index (χ1v) is 15.1. The van der Waals surface area contributed by atoms with Crippen LogP contribution in [-0.4, -0.2) is 38.6 Å². The lowest BCUT2D eigenvalue weighted by Crippen LogP contribution is -2.47. The minimum absolute atomic E-state index is 0.0310. The number of hydrogen-bond acceptors (Lipinski definition) is 6. The number of aromatic nitrogens is 2. The lowest BCUT2D eigenvalue weighted by atomic mass is 9.85. The number of benzene rings is 3. The molecule has 1 saturated heterocycles. The van der Waals surface area contributed by atoms with E-state index in [0.29, 0.717) is 25.2 Å². The molecule has 0 amide bonds. The predicted octanol–water partition coefficient (Wildman–Crippen LogP) is 4.90. The molecule has 1 fully saturated rings. The van der Waals surface area contributed by atoms with Crippen LogP contribution in [0.3, 0.4) is 0 Å². The average Bonchev–Trinajstić information content (AvgIpc) is 3.33. The van der Waals surface area contributed by atoms with Crippen molar-refractivity contribution in [3.05, 3.63) is 139 Å². The highest BCUT2D eigenvalue weighted by Gasteiger charge is 2.50. The number of hydrogen-bond donors (Lipinski definition) is 3. The lowest BCUT2D eigenvalue weighted by Gasteiger charge is -2.39. The number of carboxylic acids is 1. The van der Waals surface area contributed by atoms with Gasteiger partial charge in [0.05, 0.1) is 28.9 Å². The zero-order chi connectivity index (χ0) is 33.5. The SMILES string of the molecule is NC(Cn1c(=O)[nH]c2c(c1=O)C1(CCN(Cc3cccc(C(=O)O)c3)CC1)OC2Cc1c(F)cccc1C(F)(F)F)c1ccccc1. The number of ether oxygens (including phenoxy) is 1. The standard InChI is InChI=1S/C34H32F4N4O5/c35-25-11-5-10-24(34(36,37)38)23(25)17-27-29-28(30(43)42(32(46)40-29)19-26(39)21-7-2-1-3-8-21)33(47-27)12-14-41(15-13-33)18-20-6-4-9-22(16-20)31(44)45/h1-11,16,26-27H,12-15,17-19,39H2,(H,40,46)(H,44,45). The number of rotatable bonds is 8. The highest BCUT2D eigenvalue weighted by atomic mass is 19.4. The number of nitrogens with one attached hydrogen (secondary N) is 1. The Hall–Kier alpha value is -4.59. The molecule has 2 atom stereocenters. The third-order valence-corrected chi connectivity index (χ3v) is 9.03. The van der Waals surface area contributed by atoms with Crippen molar-refractivity contribution in [2.45, 2.75) is 56.3 Å². The Morgan fingerprint density at radius 2 is 1.74 bits per heavy atom. The fraction of sp³-hybridized carbons (Fsp3) is 0.324. The van der Waals surface area contributed by atoms with E-state index in [-0.39, 0.29) is 36.2 Å². The summed E-state index contributed by atoms with van der Waals surface area (Å²) in [5.74, 6) is -2.12. The van der Waals surface area contributed by atoms with Gasteiger partial charge in [0.2, 0.25) is 0 Å². The fourth-order valence-electron chi connectivity index (χ4n) is 6.69. The van der Waals surface area contributed by atoms with Crippen molar-refractivity contribution < 1.29 is 32.2 Å². The van der Waals surface area contributed by atoms with Crippen LogP contribution in [-0.2, 0) is 36.0 Å². The van der Waals surface area contributed by atoms with E-state index in [1.165, 1.54) is 6.07 Å². The van der Waals surface area contributed by atoms with Gasteiger partial charge in [0.1, 0.15) is 17.5 Å². The Kier molecular flexibility index (Phi) is 8.64. The molecule has 3 aromatic carbocycles. The Morgan fingerprint density at radius 1 is 1.04 bits per heavy atom. The van der Waals surface area contributed by atoms with E-state index in [0.717, 1.165) is 28.3 Å². The van der Waals surface area contributed by atoms with Crippen LogP contribution in [0.25, 0.3) is 0 Å². The molecule has 1 spiro atoms. The fourth-order valence-corrected chi connectivity index (χ4v) is 6.69. The number of alkyl halides is 3. The van der Waals surface area contributed by atoms with Gasteiger partial charge in [0, 0.05) is 37.7 Å². The van der Waals surface area contributed by atoms with Gasteiger partial charge < -0.3 is 20.6 Å². The van der Waals surface area contributed by atoms with Crippen molar-refractivity contribution in [2.75, 3.05) is 13.1 Å².